The first-order valence-corrected chi connectivity index (χ1v) is 7.14. The summed E-state index contributed by atoms with van der Waals surface area (Å²) in [5.41, 5.74) is 0.857. The van der Waals surface area contributed by atoms with Gasteiger partial charge in [-0.1, -0.05) is 12.8 Å². The van der Waals surface area contributed by atoms with Crippen molar-refractivity contribution in [3.8, 4) is 0 Å². The first-order chi connectivity index (χ1) is 10.1. The Bertz CT molecular complexity index is 530. The number of hydrogen-bond acceptors (Lipinski definition) is 4. The summed E-state index contributed by atoms with van der Waals surface area (Å²) in [5, 5.41) is 4.04. The summed E-state index contributed by atoms with van der Waals surface area (Å²) in [6.45, 7) is 0.0113. The van der Waals surface area contributed by atoms with Crippen LogP contribution in [0.5, 0.6) is 0 Å². The Morgan fingerprint density at radius 3 is 2.76 bits per heavy atom. The second kappa shape index (κ2) is 7.06. The number of rotatable bonds is 5. The van der Waals surface area contributed by atoms with Crippen LogP contribution in [0.3, 0.4) is 0 Å². The molecule has 0 spiro atoms. The standard InChI is InChI=1S/C15H21N3O3/c1-17-10-12(9-16-17)7-8-14(19)18(11-15(20)21-2)13-5-3-4-6-13/h7-10,13H,3-6,11H2,1-2H3/b8-7+. The predicted molar refractivity (Wildman–Crippen MR) is 78.2 cm³/mol. The Hall–Kier alpha value is -2.11. The molecule has 0 saturated heterocycles. The topological polar surface area (TPSA) is 64.4 Å². The Labute approximate surface area is 124 Å². The van der Waals surface area contributed by atoms with E-state index in [0.717, 1.165) is 31.2 Å². The summed E-state index contributed by atoms with van der Waals surface area (Å²) in [5.74, 6) is -0.541. The van der Waals surface area contributed by atoms with Crippen molar-refractivity contribution in [2.24, 2.45) is 7.05 Å². The first-order valence-electron chi connectivity index (χ1n) is 7.14. The van der Waals surface area contributed by atoms with Crippen LogP contribution >= 0.6 is 0 Å². The highest BCUT2D eigenvalue weighted by molar-refractivity contribution is 5.93. The SMILES string of the molecule is COC(=O)CN(C(=O)/C=C/c1cnn(C)c1)C1CCCC1. The van der Waals surface area contributed by atoms with Gasteiger partial charge >= 0.3 is 5.97 Å². The summed E-state index contributed by atoms with van der Waals surface area (Å²) in [6, 6.07) is 0.134. The molecule has 1 aromatic heterocycles. The molecule has 0 bridgehead atoms. The highest BCUT2D eigenvalue weighted by atomic mass is 16.5. The highest BCUT2D eigenvalue weighted by Crippen LogP contribution is 2.23. The van der Waals surface area contributed by atoms with Crippen molar-refractivity contribution >= 4 is 18.0 Å². The van der Waals surface area contributed by atoms with Gasteiger partial charge in [-0.2, -0.15) is 5.10 Å². The molecule has 0 aromatic carbocycles. The Balaban J connectivity index is 2.05. The van der Waals surface area contributed by atoms with E-state index in [-0.39, 0.29) is 24.5 Å². The van der Waals surface area contributed by atoms with Crippen LogP contribution in [0.25, 0.3) is 6.08 Å². The van der Waals surface area contributed by atoms with Crippen LogP contribution in [0.1, 0.15) is 31.2 Å². The maximum atomic E-state index is 12.4. The van der Waals surface area contributed by atoms with Crippen LogP contribution in [0.15, 0.2) is 18.5 Å². The lowest BCUT2D eigenvalue weighted by Gasteiger charge is -2.26. The molecule has 1 fully saturated rings. The molecule has 114 valence electrons. The number of aromatic nitrogens is 2. The fourth-order valence-electron chi connectivity index (χ4n) is 2.60. The van der Waals surface area contributed by atoms with Crippen LogP contribution in [0.2, 0.25) is 0 Å². The van der Waals surface area contributed by atoms with Crippen LogP contribution in [-0.2, 0) is 21.4 Å². The normalized spacial score (nSPS) is 15.5. The van der Waals surface area contributed by atoms with Crippen molar-refractivity contribution in [1.82, 2.24) is 14.7 Å². The van der Waals surface area contributed by atoms with E-state index in [9.17, 15) is 9.59 Å². The molecule has 6 heteroatoms. The number of carbonyl (C=O) groups is 2. The van der Waals surface area contributed by atoms with Gasteiger partial charge in [-0.25, -0.2) is 0 Å². The lowest BCUT2D eigenvalue weighted by Crippen LogP contribution is -2.41. The van der Waals surface area contributed by atoms with Gasteiger partial charge in [0, 0.05) is 30.9 Å². The van der Waals surface area contributed by atoms with Gasteiger partial charge in [-0.05, 0) is 18.9 Å². The number of amides is 1. The summed E-state index contributed by atoms with van der Waals surface area (Å²) < 4.78 is 6.36. The molecule has 1 aromatic rings. The molecule has 0 atom stereocenters. The average molecular weight is 291 g/mol. The monoisotopic (exact) mass is 291 g/mol. The number of esters is 1. The molecule has 1 saturated carbocycles. The van der Waals surface area contributed by atoms with Gasteiger partial charge in [0.15, 0.2) is 0 Å². The van der Waals surface area contributed by atoms with Gasteiger partial charge in [0.2, 0.25) is 5.91 Å². The van der Waals surface area contributed by atoms with E-state index in [0.29, 0.717) is 0 Å². The zero-order valence-electron chi connectivity index (χ0n) is 12.5. The van der Waals surface area contributed by atoms with Crippen molar-refractivity contribution in [1.29, 1.82) is 0 Å². The second-order valence-corrected chi connectivity index (χ2v) is 5.26. The van der Waals surface area contributed by atoms with Crippen molar-refractivity contribution < 1.29 is 14.3 Å². The van der Waals surface area contributed by atoms with Crippen molar-refractivity contribution in [2.45, 2.75) is 31.7 Å². The summed E-state index contributed by atoms with van der Waals surface area (Å²) >= 11 is 0. The van der Waals surface area contributed by atoms with E-state index in [2.05, 4.69) is 9.84 Å². The van der Waals surface area contributed by atoms with Gasteiger partial charge in [-0.15, -0.1) is 0 Å². The molecule has 1 aliphatic carbocycles. The lowest BCUT2D eigenvalue weighted by atomic mass is 10.2. The molecule has 1 amide bonds. The van der Waals surface area contributed by atoms with E-state index in [1.165, 1.54) is 13.2 Å². The van der Waals surface area contributed by atoms with Gasteiger partial charge in [0.25, 0.3) is 0 Å². The van der Waals surface area contributed by atoms with E-state index in [1.807, 2.05) is 13.2 Å². The number of nitrogens with zero attached hydrogens (tertiary/aromatic N) is 3. The van der Waals surface area contributed by atoms with E-state index >= 15 is 0 Å². The molecule has 0 unspecified atom stereocenters. The maximum Gasteiger partial charge on any atom is 0.325 e. The Morgan fingerprint density at radius 1 is 1.48 bits per heavy atom. The van der Waals surface area contributed by atoms with Crippen LogP contribution in [0, 0.1) is 0 Å². The second-order valence-electron chi connectivity index (χ2n) is 5.26. The minimum absolute atomic E-state index is 0.0113. The smallest absolute Gasteiger partial charge is 0.325 e. The molecule has 6 nitrogen and oxygen atoms in total. The van der Waals surface area contributed by atoms with Gasteiger partial charge in [0.1, 0.15) is 6.54 Å². The minimum Gasteiger partial charge on any atom is -0.468 e. The van der Waals surface area contributed by atoms with Gasteiger partial charge in [-0.3, -0.25) is 14.3 Å². The van der Waals surface area contributed by atoms with Crippen molar-refractivity contribution in [2.75, 3.05) is 13.7 Å². The third kappa shape index (κ3) is 4.18. The quantitative estimate of drug-likeness (QED) is 0.607. The van der Waals surface area contributed by atoms with Crippen LogP contribution in [-0.4, -0.2) is 46.3 Å². The Morgan fingerprint density at radius 2 is 2.19 bits per heavy atom. The summed E-state index contributed by atoms with van der Waals surface area (Å²) in [4.78, 5) is 25.5. The van der Waals surface area contributed by atoms with E-state index in [4.69, 9.17) is 0 Å². The van der Waals surface area contributed by atoms with Gasteiger partial charge < -0.3 is 9.64 Å². The number of methoxy groups -OCH3 is 1. The fraction of sp³-hybridized carbons (Fsp3) is 0.533. The van der Waals surface area contributed by atoms with Crippen LogP contribution < -0.4 is 0 Å². The summed E-state index contributed by atoms with van der Waals surface area (Å²) in [7, 11) is 3.16. The molecular formula is C15H21N3O3. The third-order valence-electron chi connectivity index (χ3n) is 3.72. The van der Waals surface area contributed by atoms with Crippen molar-refractivity contribution in [3.05, 3.63) is 24.0 Å². The molecule has 0 aliphatic heterocycles. The number of hydrogen-bond donors (Lipinski definition) is 0. The summed E-state index contributed by atoms with van der Waals surface area (Å²) in [6.07, 6.45) is 10.8. The highest BCUT2D eigenvalue weighted by Gasteiger charge is 2.27. The Kier molecular flexibility index (Phi) is 5.14. The van der Waals surface area contributed by atoms with Crippen LogP contribution in [0.4, 0.5) is 0 Å². The molecule has 1 heterocycles. The number of ether oxygens (including phenoxy) is 1. The van der Waals surface area contributed by atoms with Crippen molar-refractivity contribution in [3.63, 3.8) is 0 Å². The van der Waals surface area contributed by atoms with Gasteiger partial charge in [0.05, 0.1) is 13.3 Å². The molecule has 0 N–H and O–H groups in total. The predicted octanol–water partition coefficient (Wildman–Crippen LogP) is 1.38. The fourth-order valence-corrected chi connectivity index (χ4v) is 2.60. The molecule has 0 radical (unpaired) electrons. The van der Waals surface area contributed by atoms with E-state index in [1.54, 1.807) is 21.9 Å². The number of aryl methyl sites for hydroxylation is 1. The van der Waals surface area contributed by atoms with E-state index < -0.39 is 0 Å². The zero-order valence-corrected chi connectivity index (χ0v) is 12.5. The third-order valence-corrected chi connectivity index (χ3v) is 3.72. The number of carbonyl (C=O) groups excluding carboxylic acids is 2. The molecular weight excluding hydrogens is 270 g/mol. The maximum absolute atomic E-state index is 12.4. The molecule has 2 rings (SSSR count). The first kappa shape index (κ1) is 15.3. The lowest BCUT2D eigenvalue weighted by molar-refractivity contribution is -0.146. The zero-order chi connectivity index (χ0) is 15.2. The average Bonchev–Trinajstić information content (AvgIpc) is 3.13. The minimum atomic E-state index is -0.384. The molecule has 1 aliphatic rings. The molecule has 21 heavy (non-hydrogen) atoms. The largest absolute Gasteiger partial charge is 0.468 e.